The topological polar surface area (TPSA) is 109 Å². The van der Waals surface area contributed by atoms with Gasteiger partial charge in [0, 0.05) is 13.2 Å². The number of hydrogen-bond donors (Lipinski definition) is 2. The molecule has 0 atom stereocenters. The predicted molar refractivity (Wildman–Crippen MR) is 68.0 cm³/mol. The average molecular weight is 279 g/mol. The Labute approximate surface area is 110 Å². The first-order chi connectivity index (χ1) is 9.06. The van der Waals surface area contributed by atoms with E-state index in [1.807, 2.05) is 0 Å². The Bertz CT molecular complexity index is 893. The van der Waals surface area contributed by atoms with E-state index in [9.17, 15) is 9.59 Å². The second kappa shape index (κ2) is 4.02. The molecule has 0 unspecified atom stereocenters. The Balaban J connectivity index is 2.29. The van der Waals surface area contributed by atoms with E-state index in [1.165, 1.54) is 10.9 Å². The number of halogens is 1. The fourth-order valence-corrected chi connectivity index (χ4v) is 1.99. The Morgan fingerprint density at radius 2 is 2.11 bits per heavy atom. The van der Waals surface area contributed by atoms with E-state index in [1.54, 1.807) is 13.1 Å². The molecule has 0 fully saturated rings. The van der Waals surface area contributed by atoms with Crippen molar-refractivity contribution < 1.29 is 0 Å². The van der Waals surface area contributed by atoms with E-state index in [0.717, 1.165) is 0 Å². The SMILES string of the molecule is Cn1nc(Cl)c2nnc(-c3c[nH]c(=O)[nH]c3=O)cc21. The van der Waals surface area contributed by atoms with Crippen molar-refractivity contribution in [2.24, 2.45) is 7.05 Å². The van der Waals surface area contributed by atoms with Crippen molar-refractivity contribution in [2.75, 3.05) is 0 Å². The zero-order valence-electron chi connectivity index (χ0n) is 9.64. The summed E-state index contributed by atoms with van der Waals surface area (Å²) in [5.41, 5.74) is 0.516. The summed E-state index contributed by atoms with van der Waals surface area (Å²) >= 11 is 5.88. The second-order valence-electron chi connectivity index (χ2n) is 3.86. The lowest BCUT2D eigenvalue weighted by Gasteiger charge is -1.99. The van der Waals surface area contributed by atoms with E-state index >= 15 is 0 Å². The molecule has 9 heteroatoms. The monoisotopic (exact) mass is 278 g/mol. The zero-order valence-corrected chi connectivity index (χ0v) is 10.4. The van der Waals surface area contributed by atoms with Crippen LogP contribution in [0.25, 0.3) is 22.3 Å². The summed E-state index contributed by atoms with van der Waals surface area (Å²) in [7, 11) is 1.71. The third-order valence-corrected chi connectivity index (χ3v) is 2.91. The van der Waals surface area contributed by atoms with Crippen LogP contribution in [-0.2, 0) is 7.05 Å². The zero-order chi connectivity index (χ0) is 13.6. The van der Waals surface area contributed by atoms with Crippen LogP contribution < -0.4 is 11.2 Å². The van der Waals surface area contributed by atoms with Gasteiger partial charge in [0.1, 0.15) is 5.69 Å². The number of nitrogens with zero attached hydrogens (tertiary/aromatic N) is 4. The summed E-state index contributed by atoms with van der Waals surface area (Å²) in [6, 6.07) is 1.63. The molecule has 2 N–H and O–H groups in total. The summed E-state index contributed by atoms with van der Waals surface area (Å²) in [4.78, 5) is 27.1. The molecule has 0 aliphatic carbocycles. The molecular formula is C10H7ClN6O2. The number of aromatic nitrogens is 6. The van der Waals surface area contributed by atoms with Gasteiger partial charge in [-0.05, 0) is 6.07 Å². The van der Waals surface area contributed by atoms with Crippen molar-refractivity contribution >= 4 is 22.6 Å². The van der Waals surface area contributed by atoms with Crippen LogP contribution in [-0.4, -0.2) is 29.9 Å². The number of aryl methyl sites for hydroxylation is 1. The first-order valence-corrected chi connectivity index (χ1v) is 5.62. The van der Waals surface area contributed by atoms with Crippen molar-refractivity contribution in [3.8, 4) is 11.3 Å². The van der Waals surface area contributed by atoms with Gasteiger partial charge in [0.15, 0.2) is 10.7 Å². The van der Waals surface area contributed by atoms with Gasteiger partial charge >= 0.3 is 5.69 Å². The lowest BCUT2D eigenvalue weighted by Crippen LogP contribution is -2.22. The normalized spacial score (nSPS) is 11.1. The van der Waals surface area contributed by atoms with Gasteiger partial charge in [-0.25, -0.2) is 4.79 Å². The molecule has 3 aromatic heterocycles. The van der Waals surface area contributed by atoms with Gasteiger partial charge in [-0.2, -0.15) is 5.10 Å². The minimum atomic E-state index is -0.577. The molecule has 0 radical (unpaired) electrons. The Hall–Kier alpha value is -2.48. The highest BCUT2D eigenvalue weighted by molar-refractivity contribution is 6.33. The minimum Gasteiger partial charge on any atom is -0.313 e. The average Bonchev–Trinajstić information content (AvgIpc) is 2.65. The van der Waals surface area contributed by atoms with Gasteiger partial charge in [-0.15, -0.1) is 10.2 Å². The van der Waals surface area contributed by atoms with Crippen LogP contribution in [0, 0.1) is 0 Å². The fraction of sp³-hybridized carbons (Fsp3) is 0.100. The predicted octanol–water partition coefficient (Wildman–Crippen LogP) is 0.0603. The smallest absolute Gasteiger partial charge is 0.313 e. The Morgan fingerprint density at radius 3 is 2.84 bits per heavy atom. The molecule has 0 saturated heterocycles. The third kappa shape index (κ3) is 1.82. The van der Waals surface area contributed by atoms with Crippen LogP contribution in [0.2, 0.25) is 5.15 Å². The standard InChI is InChI=1S/C10H7ClN6O2/c1-17-6-2-5(14-15-7(6)8(11)16-17)4-3-12-10(19)13-9(4)18/h2-3H,1H3,(H2,12,13,18,19). The van der Waals surface area contributed by atoms with E-state index in [4.69, 9.17) is 11.6 Å². The lowest BCUT2D eigenvalue weighted by molar-refractivity contribution is 0.797. The van der Waals surface area contributed by atoms with Crippen LogP contribution in [0.15, 0.2) is 21.9 Å². The van der Waals surface area contributed by atoms with E-state index in [-0.39, 0.29) is 10.7 Å². The van der Waals surface area contributed by atoms with Gasteiger partial charge in [0.2, 0.25) is 0 Å². The quantitative estimate of drug-likeness (QED) is 0.654. The molecule has 0 bridgehead atoms. The van der Waals surface area contributed by atoms with Crippen LogP contribution in [0.3, 0.4) is 0 Å². The molecule has 96 valence electrons. The molecule has 3 heterocycles. The molecule has 0 spiro atoms. The third-order valence-electron chi connectivity index (χ3n) is 2.65. The molecule has 0 saturated carbocycles. The van der Waals surface area contributed by atoms with Crippen LogP contribution >= 0.6 is 11.6 Å². The van der Waals surface area contributed by atoms with Gasteiger partial charge in [0.25, 0.3) is 5.56 Å². The molecule has 0 aliphatic rings. The molecule has 8 nitrogen and oxygen atoms in total. The van der Waals surface area contributed by atoms with Crippen molar-refractivity contribution in [3.63, 3.8) is 0 Å². The van der Waals surface area contributed by atoms with Crippen molar-refractivity contribution in [1.29, 1.82) is 0 Å². The molecule has 3 aromatic rings. The molecule has 0 aliphatic heterocycles. The number of nitrogens with one attached hydrogen (secondary N) is 2. The first-order valence-electron chi connectivity index (χ1n) is 5.24. The summed E-state index contributed by atoms with van der Waals surface area (Å²) < 4.78 is 1.54. The van der Waals surface area contributed by atoms with Crippen LogP contribution in [0.1, 0.15) is 0 Å². The van der Waals surface area contributed by atoms with Crippen molar-refractivity contribution in [1.82, 2.24) is 29.9 Å². The van der Waals surface area contributed by atoms with E-state index < -0.39 is 11.2 Å². The molecule has 0 amide bonds. The minimum absolute atomic E-state index is 0.214. The van der Waals surface area contributed by atoms with Crippen LogP contribution in [0.5, 0.6) is 0 Å². The first kappa shape index (κ1) is 11.6. The maximum absolute atomic E-state index is 11.7. The van der Waals surface area contributed by atoms with E-state index in [0.29, 0.717) is 16.7 Å². The van der Waals surface area contributed by atoms with Crippen molar-refractivity contribution in [2.45, 2.75) is 0 Å². The number of H-pyrrole nitrogens is 2. The molecule has 19 heavy (non-hydrogen) atoms. The number of fused-ring (bicyclic) bond motifs is 1. The summed E-state index contributed by atoms with van der Waals surface area (Å²) in [5, 5.41) is 12.1. The summed E-state index contributed by atoms with van der Waals surface area (Å²) in [5.74, 6) is 0. The Kier molecular flexibility index (Phi) is 2.46. The van der Waals surface area contributed by atoms with Gasteiger partial charge in [-0.1, -0.05) is 11.6 Å². The molecular weight excluding hydrogens is 272 g/mol. The molecule has 3 rings (SSSR count). The van der Waals surface area contributed by atoms with Crippen LogP contribution in [0.4, 0.5) is 0 Å². The van der Waals surface area contributed by atoms with Gasteiger partial charge in [-0.3, -0.25) is 14.5 Å². The number of hydrogen-bond acceptors (Lipinski definition) is 5. The summed E-state index contributed by atoms with van der Waals surface area (Å²) in [6.45, 7) is 0. The number of rotatable bonds is 1. The lowest BCUT2D eigenvalue weighted by atomic mass is 10.2. The largest absolute Gasteiger partial charge is 0.325 e. The fourth-order valence-electron chi connectivity index (χ4n) is 1.74. The highest BCUT2D eigenvalue weighted by Gasteiger charge is 2.12. The number of aromatic amines is 2. The maximum atomic E-state index is 11.7. The maximum Gasteiger partial charge on any atom is 0.325 e. The van der Waals surface area contributed by atoms with Gasteiger partial charge < -0.3 is 4.98 Å². The summed E-state index contributed by atoms with van der Waals surface area (Å²) in [6.07, 6.45) is 1.29. The van der Waals surface area contributed by atoms with Gasteiger partial charge in [0.05, 0.1) is 11.1 Å². The van der Waals surface area contributed by atoms with Crippen molar-refractivity contribution in [3.05, 3.63) is 38.3 Å². The highest BCUT2D eigenvalue weighted by Crippen LogP contribution is 2.22. The Morgan fingerprint density at radius 1 is 1.32 bits per heavy atom. The molecule has 0 aromatic carbocycles. The second-order valence-corrected chi connectivity index (χ2v) is 4.22. The van der Waals surface area contributed by atoms with E-state index in [2.05, 4.69) is 25.3 Å². The highest BCUT2D eigenvalue weighted by atomic mass is 35.5.